The molecule has 8 nitrogen and oxygen atoms in total. The molecule has 31 heavy (non-hydrogen) atoms. The Morgan fingerprint density at radius 2 is 1.71 bits per heavy atom. The predicted octanol–water partition coefficient (Wildman–Crippen LogP) is 3.09. The topological polar surface area (TPSA) is 68.5 Å². The highest BCUT2D eigenvalue weighted by Crippen LogP contribution is 2.38. The van der Waals surface area contributed by atoms with Gasteiger partial charge < -0.3 is 9.47 Å². The second-order valence-electron chi connectivity index (χ2n) is 9.64. The molecule has 0 radical (unpaired) electrons. The summed E-state index contributed by atoms with van der Waals surface area (Å²) in [5.41, 5.74) is 0.811. The minimum absolute atomic E-state index is 0.106. The van der Waals surface area contributed by atoms with E-state index in [-0.39, 0.29) is 11.6 Å². The van der Waals surface area contributed by atoms with Crippen LogP contribution in [0.15, 0.2) is 18.2 Å². The minimum Gasteiger partial charge on any atom is -0.497 e. The molecule has 1 aromatic carbocycles. The third-order valence-corrected chi connectivity index (χ3v) is 6.66. The summed E-state index contributed by atoms with van der Waals surface area (Å²) < 4.78 is 13.3. The van der Waals surface area contributed by atoms with Gasteiger partial charge in [0.2, 0.25) is 0 Å². The number of rotatable bonds is 6. The van der Waals surface area contributed by atoms with Gasteiger partial charge in [-0.25, -0.2) is 4.68 Å². The zero-order valence-corrected chi connectivity index (χ0v) is 19.5. The SMILES string of the molecule is COc1ccc(OC)c([C@@H](c2nnnn2C(C)(C)C)N2CCN(C3CCCC3)CC2)c1. The van der Waals surface area contributed by atoms with Crippen molar-refractivity contribution in [2.24, 2.45) is 0 Å². The first-order chi connectivity index (χ1) is 14.9. The predicted molar refractivity (Wildman–Crippen MR) is 120 cm³/mol. The first-order valence-electron chi connectivity index (χ1n) is 11.4. The van der Waals surface area contributed by atoms with Crippen LogP contribution in [-0.2, 0) is 5.54 Å². The molecule has 2 heterocycles. The lowest BCUT2D eigenvalue weighted by molar-refractivity contribution is 0.0748. The Balaban J connectivity index is 1.70. The van der Waals surface area contributed by atoms with Gasteiger partial charge in [0.15, 0.2) is 5.82 Å². The molecule has 1 aliphatic heterocycles. The molecule has 8 heteroatoms. The van der Waals surface area contributed by atoms with Crippen LogP contribution in [0.5, 0.6) is 11.5 Å². The molecule has 1 aromatic heterocycles. The van der Waals surface area contributed by atoms with Crippen molar-refractivity contribution in [3.8, 4) is 11.5 Å². The van der Waals surface area contributed by atoms with E-state index in [0.717, 1.165) is 55.1 Å². The zero-order chi connectivity index (χ0) is 22.0. The Hall–Kier alpha value is -2.19. The average molecular weight is 429 g/mol. The molecule has 0 bridgehead atoms. The quantitative estimate of drug-likeness (QED) is 0.700. The van der Waals surface area contributed by atoms with Crippen molar-refractivity contribution in [2.75, 3.05) is 40.4 Å². The smallest absolute Gasteiger partial charge is 0.173 e. The summed E-state index contributed by atoms with van der Waals surface area (Å²) in [5.74, 6) is 2.47. The molecule has 1 aliphatic carbocycles. The molecule has 170 valence electrons. The fraction of sp³-hybridized carbons (Fsp3) is 0.696. The summed E-state index contributed by atoms with van der Waals surface area (Å²) in [7, 11) is 3.41. The maximum absolute atomic E-state index is 5.77. The van der Waals surface area contributed by atoms with Gasteiger partial charge in [0, 0.05) is 37.8 Å². The highest BCUT2D eigenvalue weighted by molar-refractivity contribution is 5.44. The number of ether oxygens (including phenoxy) is 2. The summed E-state index contributed by atoms with van der Waals surface area (Å²) in [6, 6.07) is 6.62. The van der Waals surface area contributed by atoms with Gasteiger partial charge in [-0.2, -0.15) is 0 Å². The van der Waals surface area contributed by atoms with Crippen molar-refractivity contribution in [3.63, 3.8) is 0 Å². The van der Waals surface area contributed by atoms with E-state index >= 15 is 0 Å². The fourth-order valence-electron chi connectivity index (χ4n) is 5.02. The van der Waals surface area contributed by atoms with E-state index in [1.165, 1.54) is 25.7 Å². The van der Waals surface area contributed by atoms with Gasteiger partial charge in [0.25, 0.3) is 0 Å². The second kappa shape index (κ2) is 9.12. The number of tetrazole rings is 1. The molecule has 2 aromatic rings. The van der Waals surface area contributed by atoms with E-state index in [1.54, 1.807) is 14.2 Å². The normalized spacial score (nSPS) is 20.2. The van der Waals surface area contributed by atoms with Crippen molar-refractivity contribution < 1.29 is 9.47 Å². The van der Waals surface area contributed by atoms with Crippen molar-refractivity contribution in [2.45, 2.75) is 64.1 Å². The van der Waals surface area contributed by atoms with Crippen molar-refractivity contribution in [1.29, 1.82) is 0 Å². The van der Waals surface area contributed by atoms with Gasteiger partial charge in [-0.05, 0) is 62.2 Å². The van der Waals surface area contributed by atoms with Gasteiger partial charge in [-0.3, -0.25) is 9.80 Å². The summed E-state index contributed by atoms with van der Waals surface area (Å²) in [6.07, 6.45) is 5.43. The largest absolute Gasteiger partial charge is 0.497 e. The molecule has 1 atom stereocenters. The average Bonchev–Trinajstić information content (AvgIpc) is 3.47. The van der Waals surface area contributed by atoms with Crippen LogP contribution in [0.1, 0.15) is 63.9 Å². The van der Waals surface area contributed by atoms with Crippen LogP contribution < -0.4 is 9.47 Å². The van der Waals surface area contributed by atoms with Crippen LogP contribution in [-0.4, -0.2) is 76.4 Å². The van der Waals surface area contributed by atoms with Gasteiger partial charge in [-0.15, -0.1) is 5.10 Å². The molecule has 0 spiro atoms. The molecule has 0 N–H and O–H groups in total. The van der Waals surface area contributed by atoms with E-state index in [2.05, 4.69) is 52.2 Å². The van der Waals surface area contributed by atoms with Crippen molar-refractivity contribution in [1.82, 2.24) is 30.0 Å². The number of benzene rings is 1. The number of nitrogens with zero attached hydrogens (tertiary/aromatic N) is 6. The number of methoxy groups -OCH3 is 2. The number of piperazine rings is 1. The number of aromatic nitrogens is 4. The van der Waals surface area contributed by atoms with Gasteiger partial charge in [0.1, 0.15) is 17.5 Å². The monoisotopic (exact) mass is 428 g/mol. The molecule has 2 aliphatic rings. The molecule has 2 fully saturated rings. The van der Waals surface area contributed by atoms with Gasteiger partial charge in [-0.1, -0.05) is 12.8 Å². The molecule has 0 amide bonds. The number of hydrogen-bond donors (Lipinski definition) is 0. The van der Waals surface area contributed by atoms with Crippen LogP contribution in [0.2, 0.25) is 0 Å². The molecular formula is C23H36N6O2. The third-order valence-electron chi connectivity index (χ3n) is 6.66. The van der Waals surface area contributed by atoms with Crippen molar-refractivity contribution >= 4 is 0 Å². The molecule has 1 saturated carbocycles. The third kappa shape index (κ3) is 4.55. The molecule has 0 unspecified atom stereocenters. The Bertz CT molecular complexity index is 863. The highest BCUT2D eigenvalue weighted by atomic mass is 16.5. The standard InChI is InChI=1S/C23H36N6O2/c1-23(2,3)29-22(24-25-26-29)21(19-16-18(30-4)10-11-20(19)31-5)28-14-12-27(13-15-28)17-8-6-7-9-17/h10-11,16-17,21H,6-9,12-15H2,1-5H3/t21-/m0/s1. The van der Waals surface area contributed by atoms with E-state index in [4.69, 9.17) is 9.47 Å². The zero-order valence-electron chi connectivity index (χ0n) is 19.5. The Kier molecular flexibility index (Phi) is 6.48. The van der Waals surface area contributed by atoms with Crippen LogP contribution in [0.4, 0.5) is 0 Å². The van der Waals surface area contributed by atoms with Gasteiger partial charge >= 0.3 is 0 Å². The lowest BCUT2D eigenvalue weighted by atomic mass is 9.99. The summed E-state index contributed by atoms with van der Waals surface area (Å²) >= 11 is 0. The van der Waals surface area contributed by atoms with E-state index < -0.39 is 0 Å². The lowest BCUT2D eigenvalue weighted by Gasteiger charge is -2.41. The first-order valence-corrected chi connectivity index (χ1v) is 11.4. The van der Waals surface area contributed by atoms with Crippen LogP contribution >= 0.6 is 0 Å². The Labute approximate surface area is 185 Å². The maximum atomic E-state index is 5.77. The lowest BCUT2D eigenvalue weighted by Crippen LogP contribution is -2.51. The second-order valence-corrected chi connectivity index (χ2v) is 9.64. The van der Waals surface area contributed by atoms with Crippen molar-refractivity contribution in [3.05, 3.63) is 29.6 Å². The fourth-order valence-corrected chi connectivity index (χ4v) is 5.02. The Morgan fingerprint density at radius 3 is 2.32 bits per heavy atom. The van der Waals surface area contributed by atoms with Crippen LogP contribution in [0.25, 0.3) is 0 Å². The van der Waals surface area contributed by atoms with E-state index in [0.29, 0.717) is 0 Å². The number of hydrogen-bond acceptors (Lipinski definition) is 7. The minimum atomic E-state index is -0.227. The van der Waals surface area contributed by atoms with Crippen LogP contribution in [0, 0.1) is 0 Å². The summed E-state index contributed by atoms with van der Waals surface area (Å²) in [6.45, 7) is 10.5. The van der Waals surface area contributed by atoms with E-state index in [9.17, 15) is 0 Å². The molecule has 4 rings (SSSR count). The summed E-state index contributed by atoms with van der Waals surface area (Å²) in [5, 5.41) is 12.9. The van der Waals surface area contributed by atoms with E-state index in [1.807, 2.05) is 16.8 Å². The Morgan fingerprint density at radius 1 is 1.00 bits per heavy atom. The van der Waals surface area contributed by atoms with Crippen LogP contribution in [0.3, 0.4) is 0 Å². The molecule has 1 saturated heterocycles. The maximum Gasteiger partial charge on any atom is 0.173 e. The highest BCUT2D eigenvalue weighted by Gasteiger charge is 2.36. The molecular weight excluding hydrogens is 392 g/mol. The first kappa shape index (κ1) is 22.0. The van der Waals surface area contributed by atoms with Gasteiger partial charge in [0.05, 0.1) is 19.8 Å². The summed E-state index contributed by atoms with van der Waals surface area (Å²) in [4.78, 5) is 5.17.